The topological polar surface area (TPSA) is 55.5 Å². The third-order valence-electron chi connectivity index (χ3n) is 3.67. The van der Waals surface area contributed by atoms with E-state index in [2.05, 4.69) is 13.8 Å². The van der Waals surface area contributed by atoms with Crippen LogP contribution in [0.2, 0.25) is 0 Å². The van der Waals surface area contributed by atoms with Gasteiger partial charge in [-0.2, -0.15) is 0 Å². The van der Waals surface area contributed by atoms with Crippen molar-refractivity contribution >= 4 is 0 Å². The lowest BCUT2D eigenvalue weighted by Gasteiger charge is -2.34. The van der Waals surface area contributed by atoms with Gasteiger partial charge in [0.25, 0.3) is 0 Å². The summed E-state index contributed by atoms with van der Waals surface area (Å²) in [4.78, 5) is 0. The lowest BCUT2D eigenvalue weighted by Crippen LogP contribution is -2.41. The van der Waals surface area contributed by atoms with E-state index in [4.69, 9.17) is 15.6 Å². The van der Waals surface area contributed by atoms with Crippen molar-refractivity contribution in [3.05, 3.63) is 0 Å². The zero-order valence-electron chi connectivity index (χ0n) is 11.0. The van der Waals surface area contributed by atoms with Crippen LogP contribution in [0.3, 0.4) is 0 Å². The lowest BCUT2D eigenvalue weighted by molar-refractivity contribution is -0.00509. The molecule has 1 aliphatic rings. The van der Waals surface area contributed by atoms with Gasteiger partial charge in [0.15, 0.2) is 0 Å². The van der Waals surface area contributed by atoms with Crippen LogP contribution < -0.4 is 5.73 Å². The zero-order valence-corrected chi connectivity index (χ0v) is 11.0. The van der Waals surface area contributed by atoms with Crippen molar-refractivity contribution < 1.29 is 9.84 Å². The summed E-state index contributed by atoms with van der Waals surface area (Å²) in [6.45, 7) is 7.20. The van der Waals surface area contributed by atoms with E-state index in [1.807, 2.05) is 6.92 Å². The molecule has 0 aromatic rings. The zero-order chi connectivity index (χ0) is 12.2. The number of ether oxygens (including phenoxy) is 1. The molecule has 0 bridgehead atoms. The van der Waals surface area contributed by atoms with E-state index in [1.54, 1.807) is 0 Å². The van der Waals surface area contributed by atoms with E-state index in [9.17, 15) is 0 Å². The second-order valence-corrected chi connectivity index (χ2v) is 6.30. The van der Waals surface area contributed by atoms with Gasteiger partial charge in [-0.25, -0.2) is 0 Å². The third-order valence-corrected chi connectivity index (χ3v) is 3.67. The summed E-state index contributed by atoms with van der Waals surface area (Å²) in [5.74, 6) is 0. The standard InChI is InChI=1S/C13H27NO2/c1-12(2)6-4-11(5-7-12)16-9-8-13(3,14)10-15/h11,15H,4-10,14H2,1-3H3. The van der Waals surface area contributed by atoms with Gasteiger partial charge in [0, 0.05) is 12.1 Å². The summed E-state index contributed by atoms with van der Waals surface area (Å²) in [5.41, 5.74) is 5.85. The molecule has 96 valence electrons. The van der Waals surface area contributed by atoms with Gasteiger partial charge in [0.1, 0.15) is 0 Å². The maximum Gasteiger partial charge on any atom is 0.0609 e. The van der Waals surface area contributed by atoms with Crippen molar-refractivity contribution in [1.29, 1.82) is 0 Å². The summed E-state index contributed by atoms with van der Waals surface area (Å²) in [6, 6.07) is 0. The van der Waals surface area contributed by atoms with Crippen molar-refractivity contribution in [2.75, 3.05) is 13.2 Å². The van der Waals surface area contributed by atoms with Crippen molar-refractivity contribution in [2.45, 2.75) is 64.5 Å². The Balaban J connectivity index is 2.16. The van der Waals surface area contributed by atoms with Gasteiger partial charge in [-0.15, -0.1) is 0 Å². The maximum absolute atomic E-state index is 9.02. The first-order valence-corrected chi connectivity index (χ1v) is 6.36. The van der Waals surface area contributed by atoms with Gasteiger partial charge in [0.05, 0.1) is 12.7 Å². The van der Waals surface area contributed by atoms with Crippen molar-refractivity contribution in [3.8, 4) is 0 Å². The molecule has 1 saturated carbocycles. The number of hydrogen-bond donors (Lipinski definition) is 2. The molecule has 3 N–H and O–H groups in total. The molecule has 1 fully saturated rings. The summed E-state index contributed by atoms with van der Waals surface area (Å²) < 4.78 is 5.82. The first kappa shape index (κ1) is 13.9. The second kappa shape index (κ2) is 5.48. The molecule has 0 spiro atoms. The highest BCUT2D eigenvalue weighted by atomic mass is 16.5. The fourth-order valence-electron chi connectivity index (χ4n) is 2.08. The monoisotopic (exact) mass is 229 g/mol. The Kier molecular flexibility index (Phi) is 4.77. The van der Waals surface area contributed by atoms with Crippen LogP contribution in [0, 0.1) is 5.41 Å². The van der Waals surface area contributed by atoms with Gasteiger partial charge < -0.3 is 15.6 Å². The smallest absolute Gasteiger partial charge is 0.0609 e. The molecule has 1 rings (SSSR count). The van der Waals surface area contributed by atoms with Gasteiger partial charge in [-0.1, -0.05) is 13.8 Å². The molecule has 1 atom stereocenters. The molecule has 1 unspecified atom stereocenters. The fraction of sp³-hybridized carbons (Fsp3) is 1.00. The molecule has 0 aromatic heterocycles. The fourth-order valence-corrected chi connectivity index (χ4v) is 2.08. The van der Waals surface area contributed by atoms with E-state index >= 15 is 0 Å². The molecule has 3 heteroatoms. The van der Waals surface area contributed by atoms with Crippen molar-refractivity contribution in [3.63, 3.8) is 0 Å². The maximum atomic E-state index is 9.02. The van der Waals surface area contributed by atoms with Crippen molar-refractivity contribution in [2.24, 2.45) is 11.1 Å². The Bertz CT molecular complexity index is 204. The van der Waals surface area contributed by atoms with Crippen LogP contribution in [0.5, 0.6) is 0 Å². The predicted molar refractivity (Wildman–Crippen MR) is 66.3 cm³/mol. The molecule has 3 nitrogen and oxygen atoms in total. The molecule has 1 aliphatic carbocycles. The number of hydrogen-bond acceptors (Lipinski definition) is 3. The SMILES string of the molecule is CC1(C)CCC(OCCC(C)(N)CO)CC1. The highest BCUT2D eigenvalue weighted by Gasteiger charge is 2.27. The summed E-state index contributed by atoms with van der Waals surface area (Å²) in [6.07, 6.45) is 5.95. The Morgan fingerprint density at radius 3 is 2.44 bits per heavy atom. The first-order valence-electron chi connectivity index (χ1n) is 6.36. The minimum atomic E-state index is -0.492. The van der Waals surface area contributed by atoms with Gasteiger partial charge in [0.2, 0.25) is 0 Å². The highest BCUT2D eigenvalue weighted by Crippen LogP contribution is 2.36. The second-order valence-electron chi connectivity index (χ2n) is 6.30. The molecule has 0 aromatic carbocycles. The first-order chi connectivity index (χ1) is 7.35. The number of rotatable bonds is 5. The Morgan fingerprint density at radius 2 is 1.94 bits per heavy atom. The minimum absolute atomic E-state index is 0.0219. The molecule has 0 aliphatic heterocycles. The Morgan fingerprint density at radius 1 is 1.38 bits per heavy atom. The van der Waals surface area contributed by atoms with Gasteiger partial charge in [-0.3, -0.25) is 0 Å². The molecule has 0 heterocycles. The molecule has 0 amide bonds. The molecular weight excluding hydrogens is 202 g/mol. The van der Waals surface area contributed by atoms with E-state index in [-0.39, 0.29) is 6.61 Å². The van der Waals surface area contributed by atoms with Crippen LogP contribution in [-0.4, -0.2) is 30.0 Å². The van der Waals surface area contributed by atoms with E-state index in [0.29, 0.717) is 18.1 Å². The normalized spacial score (nSPS) is 25.3. The Labute approximate surface area is 99.4 Å². The number of aliphatic hydroxyl groups is 1. The average molecular weight is 229 g/mol. The van der Waals surface area contributed by atoms with Crippen molar-refractivity contribution in [1.82, 2.24) is 0 Å². The Hall–Kier alpha value is -0.120. The summed E-state index contributed by atoms with van der Waals surface area (Å²) in [5, 5.41) is 9.02. The minimum Gasteiger partial charge on any atom is -0.394 e. The highest BCUT2D eigenvalue weighted by molar-refractivity contribution is 4.80. The van der Waals surface area contributed by atoms with E-state index in [1.165, 1.54) is 12.8 Å². The lowest BCUT2D eigenvalue weighted by atomic mass is 9.76. The van der Waals surface area contributed by atoms with Crippen LogP contribution in [-0.2, 0) is 4.74 Å². The van der Waals surface area contributed by atoms with E-state index < -0.39 is 5.54 Å². The van der Waals surface area contributed by atoms with Crippen LogP contribution in [0.4, 0.5) is 0 Å². The molecule has 16 heavy (non-hydrogen) atoms. The quantitative estimate of drug-likeness (QED) is 0.759. The predicted octanol–water partition coefficient (Wildman–Crippen LogP) is 2.07. The third kappa shape index (κ3) is 4.81. The van der Waals surface area contributed by atoms with Crippen LogP contribution >= 0.6 is 0 Å². The van der Waals surface area contributed by atoms with Gasteiger partial charge >= 0.3 is 0 Å². The van der Waals surface area contributed by atoms with Crippen LogP contribution in [0.15, 0.2) is 0 Å². The van der Waals surface area contributed by atoms with E-state index in [0.717, 1.165) is 19.3 Å². The van der Waals surface area contributed by atoms with Crippen LogP contribution in [0.25, 0.3) is 0 Å². The molecular formula is C13H27NO2. The summed E-state index contributed by atoms with van der Waals surface area (Å²) >= 11 is 0. The largest absolute Gasteiger partial charge is 0.394 e. The molecule has 0 radical (unpaired) electrons. The van der Waals surface area contributed by atoms with Gasteiger partial charge in [-0.05, 0) is 44.4 Å². The average Bonchev–Trinajstić information content (AvgIpc) is 2.20. The van der Waals surface area contributed by atoms with Crippen LogP contribution in [0.1, 0.15) is 52.9 Å². The number of nitrogens with two attached hydrogens (primary N) is 1. The molecule has 0 saturated heterocycles. The summed E-state index contributed by atoms with van der Waals surface area (Å²) in [7, 11) is 0. The number of aliphatic hydroxyl groups excluding tert-OH is 1.